The summed E-state index contributed by atoms with van der Waals surface area (Å²) in [6.07, 6.45) is 2.79. The van der Waals surface area contributed by atoms with E-state index in [1.54, 1.807) is 0 Å². The van der Waals surface area contributed by atoms with Gasteiger partial charge >= 0.3 is 0 Å². The fraction of sp³-hybridized carbons (Fsp3) is 0.423. The molecule has 0 spiro atoms. The van der Waals surface area contributed by atoms with E-state index < -0.39 is 0 Å². The summed E-state index contributed by atoms with van der Waals surface area (Å²) in [7, 11) is 0. The number of aromatic nitrogens is 2. The summed E-state index contributed by atoms with van der Waals surface area (Å²) in [5, 5.41) is 4.85. The number of nitrogens with one attached hydrogen (secondary N) is 1. The number of halogens is 1. The van der Waals surface area contributed by atoms with E-state index in [4.69, 9.17) is 16.6 Å². The maximum atomic E-state index is 12.6. The summed E-state index contributed by atoms with van der Waals surface area (Å²) >= 11 is 7.43. The number of nitrogens with zero attached hydrogens (tertiary/aromatic N) is 3. The van der Waals surface area contributed by atoms with Crippen LogP contribution in [-0.2, 0) is 11.8 Å². The number of piperidine rings is 1. The molecule has 1 aliphatic rings. The molecule has 0 radical (unpaired) electrons. The third kappa shape index (κ3) is 6.33. The third-order valence-electron chi connectivity index (χ3n) is 6.18. The molecule has 33 heavy (non-hydrogen) atoms. The number of carbonyl (C=O) groups is 1. The van der Waals surface area contributed by atoms with E-state index in [0.717, 1.165) is 53.0 Å². The average molecular weight is 483 g/mol. The lowest BCUT2D eigenvalue weighted by atomic mass is 9.86. The summed E-state index contributed by atoms with van der Waals surface area (Å²) in [5.74, 6) is 1.35. The van der Waals surface area contributed by atoms with Crippen molar-refractivity contribution < 1.29 is 4.79 Å². The van der Waals surface area contributed by atoms with Gasteiger partial charge in [-0.15, -0.1) is 0 Å². The zero-order chi connectivity index (χ0) is 23.4. The van der Waals surface area contributed by atoms with E-state index in [1.165, 1.54) is 17.1 Å². The monoisotopic (exact) mass is 482 g/mol. The Bertz CT molecular complexity index is 1060. The maximum absolute atomic E-state index is 12.6. The molecule has 1 aliphatic heterocycles. The number of hydrogen-bond acceptors (Lipinski definition) is 5. The molecule has 1 saturated heterocycles. The van der Waals surface area contributed by atoms with Crippen molar-refractivity contribution >= 4 is 34.2 Å². The number of hydrogen-bond donors (Lipinski definition) is 1. The number of amides is 1. The van der Waals surface area contributed by atoms with Crippen LogP contribution >= 0.6 is 23.1 Å². The first-order chi connectivity index (χ1) is 15.8. The molecular weight excluding hydrogens is 452 g/mol. The van der Waals surface area contributed by atoms with Gasteiger partial charge in [0.05, 0.1) is 0 Å². The standard InChI is InChI=1S/C26H31ClN4OS/c1-26(2,3)21-8-6-20(7-9-21)24(32)28-17-19-12-14-31(15-13-19)25-29-23(30-33-25)16-18-4-10-22(27)11-5-18/h4-11,19H,12-17H2,1-3H3,(H,28,32). The molecule has 3 aromatic rings. The Morgan fingerprint density at radius 1 is 1.09 bits per heavy atom. The van der Waals surface area contributed by atoms with Gasteiger partial charge in [0, 0.05) is 48.2 Å². The molecule has 2 heterocycles. The molecule has 0 saturated carbocycles. The van der Waals surface area contributed by atoms with Crippen LogP contribution in [0.1, 0.15) is 60.9 Å². The van der Waals surface area contributed by atoms with Gasteiger partial charge in [0.15, 0.2) is 0 Å². The molecule has 1 fully saturated rings. The molecule has 0 bridgehead atoms. The van der Waals surface area contributed by atoms with Gasteiger partial charge in [-0.3, -0.25) is 4.79 Å². The van der Waals surface area contributed by atoms with E-state index in [1.807, 2.05) is 36.4 Å². The molecule has 7 heteroatoms. The molecule has 174 valence electrons. The smallest absolute Gasteiger partial charge is 0.251 e. The van der Waals surface area contributed by atoms with Gasteiger partial charge in [0.1, 0.15) is 5.82 Å². The largest absolute Gasteiger partial charge is 0.352 e. The number of rotatable bonds is 6. The van der Waals surface area contributed by atoms with Crippen LogP contribution in [0.15, 0.2) is 48.5 Å². The Kier molecular flexibility index (Phi) is 7.35. The van der Waals surface area contributed by atoms with E-state index in [-0.39, 0.29) is 11.3 Å². The predicted octanol–water partition coefficient (Wildman–Crippen LogP) is 5.73. The van der Waals surface area contributed by atoms with Crippen molar-refractivity contribution in [1.82, 2.24) is 14.7 Å². The van der Waals surface area contributed by atoms with Gasteiger partial charge in [0.2, 0.25) is 5.13 Å². The highest BCUT2D eigenvalue weighted by Gasteiger charge is 2.23. The van der Waals surface area contributed by atoms with Gasteiger partial charge < -0.3 is 10.2 Å². The Hall–Kier alpha value is -2.44. The highest BCUT2D eigenvalue weighted by atomic mass is 35.5. The minimum atomic E-state index is 0.00820. The van der Waals surface area contributed by atoms with Crippen LogP contribution in [0.2, 0.25) is 5.02 Å². The second-order valence-corrected chi connectivity index (χ2v) is 10.9. The zero-order valence-corrected chi connectivity index (χ0v) is 21.0. The van der Waals surface area contributed by atoms with Gasteiger partial charge in [-0.1, -0.05) is 56.6 Å². The Morgan fingerprint density at radius 3 is 2.39 bits per heavy atom. The summed E-state index contributed by atoms with van der Waals surface area (Å²) in [6, 6.07) is 15.8. The molecule has 0 aliphatic carbocycles. The van der Waals surface area contributed by atoms with Crippen LogP contribution in [0.3, 0.4) is 0 Å². The van der Waals surface area contributed by atoms with Crippen LogP contribution < -0.4 is 10.2 Å². The third-order valence-corrected chi connectivity index (χ3v) is 7.25. The highest BCUT2D eigenvalue weighted by Crippen LogP contribution is 2.26. The van der Waals surface area contributed by atoms with Gasteiger partial charge in [-0.2, -0.15) is 4.37 Å². The second kappa shape index (κ2) is 10.2. The molecule has 1 amide bonds. The van der Waals surface area contributed by atoms with E-state index in [9.17, 15) is 4.79 Å². The normalized spacial score (nSPS) is 15.0. The highest BCUT2D eigenvalue weighted by molar-refractivity contribution is 7.09. The Balaban J connectivity index is 1.23. The van der Waals surface area contributed by atoms with Gasteiger partial charge in [-0.25, -0.2) is 4.98 Å². The van der Waals surface area contributed by atoms with Crippen LogP contribution in [0, 0.1) is 5.92 Å². The first-order valence-corrected chi connectivity index (χ1v) is 12.6. The number of anilines is 1. The lowest BCUT2D eigenvalue weighted by Crippen LogP contribution is -2.38. The van der Waals surface area contributed by atoms with E-state index in [0.29, 0.717) is 18.9 Å². The molecule has 0 unspecified atom stereocenters. The molecule has 1 aromatic heterocycles. The van der Waals surface area contributed by atoms with Gasteiger partial charge in [-0.05, 0) is 59.6 Å². The molecule has 2 aromatic carbocycles. The van der Waals surface area contributed by atoms with E-state index in [2.05, 4.69) is 47.5 Å². The summed E-state index contributed by atoms with van der Waals surface area (Å²) in [6.45, 7) is 9.13. The van der Waals surface area contributed by atoms with Crippen LogP contribution in [0.4, 0.5) is 5.13 Å². The van der Waals surface area contributed by atoms with Crippen molar-refractivity contribution in [3.8, 4) is 0 Å². The van der Waals surface area contributed by atoms with Crippen molar-refractivity contribution in [2.24, 2.45) is 5.92 Å². The first-order valence-electron chi connectivity index (χ1n) is 11.5. The first kappa shape index (κ1) is 23.7. The van der Waals surface area contributed by atoms with Crippen molar-refractivity contribution in [3.63, 3.8) is 0 Å². The lowest BCUT2D eigenvalue weighted by Gasteiger charge is -2.31. The quantitative estimate of drug-likeness (QED) is 0.487. The van der Waals surface area contributed by atoms with Crippen molar-refractivity contribution in [2.75, 3.05) is 24.5 Å². The Morgan fingerprint density at radius 2 is 1.76 bits per heavy atom. The zero-order valence-electron chi connectivity index (χ0n) is 19.5. The number of benzene rings is 2. The molecular formula is C26H31ClN4OS. The second-order valence-electron chi connectivity index (χ2n) is 9.76. The summed E-state index contributed by atoms with van der Waals surface area (Å²) in [4.78, 5) is 19.6. The molecule has 5 nitrogen and oxygen atoms in total. The fourth-order valence-corrected chi connectivity index (χ4v) is 4.88. The van der Waals surface area contributed by atoms with Gasteiger partial charge in [0.25, 0.3) is 5.91 Å². The van der Waals surface area contributed by atoms with Crippen LogP contribution in [0.25, 0.3) is 0 Å². The minimum absolute atomic E-state index is 0.00820. The molecule has 1 N–H and O–H groups in total. The maximum Gasteiger partial charge on any atom is 0.251 e. The minimum Gasteiger partial charge on any atom is -0.352 e. The van der Waals surface area contributed by atoms with E-state index >= 15 is 0 Å². The Labute approximate surface area is 205 Å². The van der Waals surface area contributed by atoms with Crippen LogP contribution in [0.5, 0.6) is 0 Å². The van der Waals surface area contributed by atoms with Crippen molar-refractivity contribution in [2.45, 2.75) is 45.4 Å². The fourth-order valence-electron chi connectivity index (χ4n) is 4.02. The number of carbonyl (C=O) groups excluding carboxylic acids is 1. The topological polar surface area (TPSA) is 58.1 Å². The van der Waals surface area contributed by atoms with Crippen molar-refractivity contribution in [3.05, 3.63) is 76.1 Å². The van der Waals surface area contributed by atoms with Crippen LogP contribution in [-0.4, -0.2) is 34.9 Å². The lowest BCUT2D eigenvalue weighted by molar-refractivity contribution is 0.0945. The predicted molar refractivity (Wildman–Crippen MR) is 137 cm³/mol. The molecule has 4 rings (SSSR count). The molecule has 0 atom stereocenters. The average Bonchev–Trinajstić information content (AvgIpc) is 3.27. The summed E-state index contributed by atoms with van der Waals surface area (Å²) in [5.41, 5.74) is 3.21. The SMILES string of the molecule is CC(C)(C)c1ccc(C(=O)NCC2CCN(c3nc(Cc4ccc(Cl)cc4)ns3)CC2)cc1. The summed E-state index contributed by atoms with van der Waals surface area (Å²) < 4.78 is 4.54. The van der Waals surface area contributed by atoms with Crippen molar-refractivity contribution in [1.29, 1.82) is 0 Å².